The molecule has 1 aliphatic rings. The number of rotatable bonds is 12. The highest BCUT2D eigenvalue weighted by atomic mass is 35.5. The number of hydrogen-bond donors (Lipinski definition) is 3. The molecule has 0 aliphatic carbocycles. The number of aliphatic hydroxyl groups excluding tert-OH is 1. The van der Waals surface area contributed by atoms with Crippen LogP contribution < -0.4 is 20.9 Å². The number of carbonyl (C=O) groups excluding carboxylic acids is 1. The molecule has 210 valence electrons. The summed E-state index contributed by atoms with van der Waals surface area (Å²) in [4.78, 5) is 37.0. The Kier molecular flexibility index (Phi) is 9.96. The Morgan fingerprint density at radius 1 is 1.29 bits per heavy atom. The number of aliphatic hydroxyl groups is 1. The van der Waals surface area contributed by atoms with Crippen molar-refractivity contribution in [3.05, 3.63) is 63.4 Å². The maximum atomic E-state index is 13.9. The second-order valence-electron chi connectivity index (χ2n) is 9.40. The maximum Gasteiger partial charge on any atom is 0.459 e. The van der Waals surface area contributed by atoms with E-state index >= 15 is 0 Å². The number of para-hydroxylation sites is 1. The van der Waals surface area contributed by atoms with Gasteiger partial charge in [-0.2, -0.15) is 5.09 Å². The first-order chi connectivity index (χ1) is 17.9. The zero-order chi connectivity index (χ0) is 28.1. The number of alkyl halides is 1. The van der Waals surface area contributed by atoms with Crippen molar-refractivity contribution in [2.24, 2.45) is 5.92 Å². The van der Waals surface area contributed by atoms with Gasteiger partial charge in [-0.05, 0) is 38.3 Å². The quantitative estimate of drug-likeness (QED) is 0.196. The third-order valence-electron chi connectivity index (χ3n) is 5.79. The molecule has 1 aromatic carbocycles. The van der Waals surface area contributed by atoms with Gasteiger partial charge in [0.05, 0.1) is 13.2 Å². The van der Waals surface area contributed by atoms with E-state index in [4.69, 9.17) is 30.1 Å². The van der Waals surface area contributed by atoms with Crippen LogP contribution in [0.2, 0.25) is 0 Å². The molecule has 2 heterocycles. The lowest BCUT2D eigenvalue weighted by atomic mass is 10.0. The molecule has 0 spiro atoms. The Morgan fingerprint density at radius 3 is 2.58 bits per heavy atom. The summed E-state index contributed by atoms with van der Waals surface area (Å²) in [5.41, 5.74) is -1.39. The largest absolute Gasteiger partial charge is 0.465 e. The van der Waals surface area contributed by atoms with Gasteiger partial charge in [0.15, 0.2) is 6.23 Å². The van der Waals surface area contributed by atoms with Gasteiger partial charge in [0.25, 0.3) is 5.56 Å². The summed E-state index contributed by atoms with van der Waals surface area (Å²) in [6, 6.07) is 8.32. The van der Waals surface area contributed by atoms with E-state index in [1.807, 2.05) is 13.8 Å². The summed E-state index contributed by atoms with van der Waals surface area (Å²) in [5.74, 6) is -0.372. The van der Waals surface area contributed by atoms with Crippen molar-refractivity contribution >= 4 is 25.3 Å². The number of H-pyrrole nitrogens is 1. The second-order valence-corrected chi connectivity index (χ2v) is 11.9. The van der Waals surface area contributed by atoms with E-state index in [9.17, 15) is 24.1 Å². The zero-order valence-corrected chi connectivity index (χ0v) is 23.2. The highest BCUT2D eigenvalue weighted by Crippen LogP contribution is 2.48. The molecule has 3 rings (SSSR count). The summed E-state index contributed by atoms with van der Waals surface area (Å²) < 4.78 is 37.3. The van der Waals surface area contributed by atoms with Crippen LogP contribution in [0.1, 0.15) is 40.3 Å². The molecule has 0 amide bonds. The fourth-order valence-corrected chi connectivity index (χ4v) is 5.76. The summed E-state index contributed by atoms with van der Waals surface area (Å²) in [6.07, 6.45) is -2.24. The first-order valence-electron chi connectivity index (χ1n) is 12.1. The van der Waals surface area contributed by atoms with Gasteiger partial charge in [0, 0.05) is 12.3 Å². The first kappa shape index (κ1) is 30.1. The normalized spacial score (nSPS) is 25.6. The lowest BCUT2D eigenvalue weighted by Crippen LogP contribution is -2.43. The van der Waals surface area contributed by atoms with Crippen LogP contribution in [0, 0.1) is 5.92 Å². The third-order valence-corrected chi connectivity index (χ3v) is 7.77. The molecule has 1 aromatic heterocycles. The van der Waals surface area contributed by atoms with Gasteiger partial charge in [0.2, 0.25) is 0 Å². The summed E-state index contributed by atoms with van der Waals surface area (Å²) in [5, 5.41) is 13.6. The van der Waals surface area contributed by atoms with Crippen LogP contribution in [-0.2, 0) is 23.4 Å². The minimum Gasteiger partial charge on any atom is -0.465 e. The van der Waals surface area contributed by atoms with Crippen LogP contribution in [0.5, 0.6) is 5.75 Å². The Balaban J connectivity index is 1.85. The van der Waals surface area contributed by atoms with Crippen molar-refractivity contribution in [2.45, 2.75) is 63.5 Å². The van der Waals surface area contributed by atoms with Crippen LogP contribution >= 0.6 is 19.3 Å². The van der Waals surface area contributed by atoms with Crippen molar-refractivity contribution in [2.75, 3.05) is 13.2 Å². The SMILES string of the molecule is CCOC(=O)C(CC(C)C)NP(=O)(OCC1OC(n2ccc(=O)[nH]c2=O)C(C)(Cl)C1O)Oc1ccccc1. The standard InChI is InChI=1S/C24H33ClN3O9P/c1-5-34-21(31)17(13-15(2)3)27-38(33,37-16-9-7-6-8-10-16)35-14-18-20(30)24(4,25)22(36-18)28-12-11-19(29)26-23(28)32/h6-12,15,17-18,20,22,30H,5,13-14H2,1-4H3,(H,27,33)(H,26,29,32). The van der Waals surface area contributed by atoms with E-state index in [1.165, 1.54) is 13.1 Å². The molecular weight excluding hydrogens is 541 g/mol. The lowest BCUT2D eigenvalue weighted by Gasteiger charge is -2.27. The van der Waals surface area contributed by atoms with Gasteiger partial charge in [0.1, 0.15) is 28.9 Å². The molecule has 3 N–H and O–H groups in total. The molecule has 6 atom stereocenters. The third kappa shape index (κ3) is 7.34. The molecule has 1 saturated heterocycles. The van der Waals surface area contributed by atoms with Crippen molar-refractivity contribution in [3.8, 4) is 5.75 Å². The number of esters is 1. The topological polar surface area (TPSA) is 158 Å². The fourth-order valence-electron chi connectivity index (χ4n) is 3.95. The Morgan fingerprint density at radius 2 is 1.97 bits per heavy atom. The van der Waals surface area contributed by atoms with Gasteiger partial charge in [-0.3, -0.25) is 23.7 Å². The number of carbonyl (C=O) groups is 1. The Labute approximate surface area is 224 Å². The van der Waals surface area contributed by atoms with E-state index in [0.29, 0.717) is 0 Å². The molecular formula is C24H33ClN3O9P. The monoisotopic (exact) mass is 573 g/mol. The Bertz CT molecular complexity index is 1250. The van der Waals surface area contributed by atoms with E-state index in [2.05, 4.69) is 10.1 Å². The van der Waals surface area contributed by atoms with Crippen molar-refractivity contribution < 1.29 is 33.0 Å². The Hall–Kier alpha value is -2.47. The number of nitrogens with one attached hydrogen (secondary N) is 2. The van der Waals surface area contributed by atoms with Gasteiger partial charge >= 0.3 is 19.4 Å². The fraction of sp³-hybridized carbons (Fsp3) is 0.542. The molecule has 6 unspecified atom stereocenters. The number of hydrogen-bond acceptors (Lipinski definition) is 9. The predicted octanol–water partition coefficient (Wildman–Crippen LogP) is 2.56. The van der Waals surface area contributed by atoms with Gasteiger partial charge in [-0.1, -0.05) is 32.0 Å². The summed E-state index contributed by atoms with van der Waals surface area (Å²) >= 11 is 6.56. The first-order valence-corrected chi connectivity index (χ1v) is 14.1. The van der Waals surface area contributed by atoms with Crippen LogP contribution in [0.4, 0.5) is 0 Å². The highest BCUT2D eigenvalue weighted by molar-refractivity contribution is 7.52. The number of halogens is 1. The molecule has 1 aliphatic heterocycles. The smallest absolute Gasteiger partial charge is 0.459 e. The summed E-state index contributed by atoms with van der Waals surface area (Å²) in [7, 11) is -4.26. The van der Waals surface area contributed by atoms with Crippen LogP contribution in [0.25, 0.3) is 0 Å². The number of aromatic amines is 1. The molecule has 0 radical (unpaired) electrons. The van der Waals surface area contributed by atoms with Crippen LogP contribution in [0.3, 0.4) is 0 Å². The lowest BCUT2D eigenvalue weighted by molar-refractivity contribution is -0.145. The number of benzene rings is 1. The summed E-state index contributed by atoms with van der Waals surface area (Å²) in [6.45, 7) is 6.54. The molecule has 1 fully saturated rings. The van der Waals surface area contributed by atoms with E-state index < -0.39 is 60.9 Å². The molecule has 2 aromatic rings. The average Bonchev–Trinajstić information content (AvgIpc) is 3.06. The maximum absolute atomic E-state index is 13.9. The number of ether oxygens (including phenoxy) is 2. The van der Waals surface area contributed by atoms with Gasteiger partial charge in [-0.25, -0.2) is 9.36 Å². The van der Waals surface area contributed by atoms with Crippen molar-refractivity contribution in [1.29, 1.82) is 0 Å². The molecule has 0 bridgehead atoms. The zero-order valence-electron chi connectivity index (χ0n) is 21.5. The highest BCUT2D eigenvalue weighted by Gasteiger charge is 2.54. The van der Waals surface area contributed by atoms with Crippen LogP contribution in [-0.4, -0.2) is 57.0 Å². The van der Waals surface area contributed by atoms with E-state index in [1.54, 1.807) is 37.3 Å². The van der Waals surface area contributed by atoms with Gasteiger partial charge in [-0.15, -0.1) is 11.6 Å². The molecule has 14 heteroatoms. The van der Waals surface area contributed by atoms with Crippen molar-refractivity contribution in [3.63, 3.8) is 0 Å². The minimum absolute atomic E-state index is 0.0374. The molecule has 0 saturated carbocycles. The average molecular weight is 574 g/mol. The molecule has 12 nitrogen and oxygen atoms in total. The van der Waals surface area contributed by atoms with E-state index in [-0.39, 0.29) is 24.7 Å². The predicted molar refractivity (Wildman–Crippen MR) is 139 cm³/mol. The van der Waals surface area contributed by atoms with Crippen molar-refractivity contribution in [1.82, 2.24) is 14.6 Å². The number of aromatic nitrogens is 2. The van der Waals surface area contributed by atoms with Gasteiger partial charge < -0.3 is 19.1 Å². The van der Waals surface area contributed by atoms with E-state index in [0.717, 1.165) is 10.6 Å². The van der Waals surface area contributed by atoms with Crippen LogP contribution in [0.15, 0.2) is 52.2 Å². The minimum atomic E-state index is -4.26. The second kappa shape index (κ2) is 12.6. The number of nitrogens with zero attached hydrogens (tertiary/aromatic N) is 1. The molecule has 38 heavy (non-hydrogen) atoms.